The SMILES string of the molecule is CC.c1ccc(-c2nc(-c3ccccc3)nc(-c3cccc4c3sc3ccc(-c5ccc6c(c5)c5ccccc5n6-c5ccccc5)cc34)n2)cc1. The van der Waals surface area contributed by atoms with Gasteiger partial charge in [-0.15, -0.1) is 11.3 Å². The summed E-state index contributed by atoms with van der Waals surface area (Å²) in [6.45, 7) is 4.00. The highest BCUT2D eigenvalue weighted by Gasteiger charge is 2.18. The van der Waals surface area contributed by atoms with Crippen molar-refractivity contribution in [1.29, 1.82) is 0 Å². The zero-order valence-corrected chi connectivity index (χ0v) is 29.7. The van der Waals surface area contributed by atoms with Crippen LogP contribution in [0.1, 0.15) is 13.8 Å². The molecule has 10 rings (SSSR count). The van der Waals surface area contributed by atoms with Gasteiger partial charge in [-0.2, -0.15) is 0 Å². The first-order valence-corrected chi connectivity index (χ1v) is 18.5. The number of hydrogen-bond acceptors (Lipinski definition) is 4. The van der Waals surface area contributed by atoms with Gasteiger partial charge in [0, 0.05) is 53.3 Å². The first-order valence-electron chi connectivity index (χ1n) is 17.7. The van der Waals surface area contributed by atoms with Gasteiger partial charge in [0.05, 0.1) is 11.0 Å². The predicted molar refractivity (Wildman–Crippen MR) is 220 cm³/mol. The molecule has 0 amide bonds. The minimum absolute atomic E-state index is 0.666. The van der Waals surface area contributed by atoms with Crippen LogP contribution in [0.25, 0.3) is 93.0 Å². The molecule has 5 heteroatoms. The fraction of sp³-hybridized carbons (Fsp3) is 0.0426. The highest BCUT2D eigenvalue weighted by Crippen LogP contribution is 2.42. The molecule has 3 heterocycles. The summed E-state index contributed by atoms with van der Waals surface area (Å²) < 4.78 is 4.77. The fourth-order valence-corrected chi connectivity index (χ4v) is 8.28. The van der Waals surface area contributed by atoms with E-state index in [1.54, 1.807) is 11.3 Å². The molecular formula is C47H34N4S. The molecule has 0 fully saturated rings. The highest BCUT2D eigenvalue weighted by molar-refractivity contribution is 7.26. The Morgan fingerprint density at radius 1 is 0.404 bits per heavy atom. The molecule has 0 radical (unpaired) electrons. The highest BCUT2D eigenvalue weighted by atomic mass is 32.1. The van der Waals surface area contributed by atoms with E-state index in [9.17, 15) is 0 Å². The lowest BCUT2D eigenvalue weighted by Crippen LogP contribution is -2.00. The van der Waals surface area contributed by atoms with Crippen molar-refractivity contribution in [3.8, 4) is 51.0 Å². The Morgan fingerprint density at radius 2 is 0.942 bits per heavy atom. The molecule has 0 N–H and O–H groups in total. The maximum atomic E-state index is 5.04. The van der Waals surface area contributed by atoms with Crippen molar-refractivity contribution in [3.05, 3.63) is 170 Å². The Hall–Kier alpha value is -6.43. The van der Waals surface area contributed by atoms with Crippen LogP contribution in [0.2, 0.25) is 0 Å². The molecule has 0 aliphatic rings. The normalized spacial score (nSPS) is 11.3. The predicted octanol–water partition coefficient (Wildman–Crippen LogP) is 13.0. The third-order valence-electron chi connectivity index (χ3n) is 9.46. The summed E-state index contributed by atoms with van der Waals surface area (Å²) in [5, 5.41) is 4.94. The third kappa shape index (κ3) is 5.43. The molecule has 0 spiro atoms. The zero-order chi connectivity index (χ0) is 35.0. The standard InChI is InChI=1S/C45H28N4S.C2H6/c1-4-13-29(14-5-1)43-46-44(30-15-6-2-7-16-30)48-45(47-43)36-21-12-20-35-38-28-32(24-26-41(38)50-42(35)36)31-23-25-40-37(27-31)34-19-10-11-22-39(34)49(40)33-17-8-3-9-18-33;1-2/h1-28H;1-2H3. The van der Waals surface area contributed by atoms with Crippen LogP contribution < -0.4 is 0 Å². The summed E-state index contributed by atoms with van der Waals surface area (Å²) in [5.74, 6) is 2.01. The van der Waals surface area contributed by atoms with Crippen molar-refractivity contribution in [1.82, 2.24) is 19.5 Å². The number of benzene rings is 7. The number of aromatic nitrogens is 4. The maximum absolute atomic E-state index is 5.04. The summed E-state index contributed by atoms with van der Waals surface area (Å²) in [5.41, 5.74) is 8.91. The van der Waals surface area contributed by atoms with Gasteiger partial charge in [0.15, 0.2) is 17.5 Å². The van der Waals surface area contributed by atoms with E-state index in [-0.39, 0.29) is 0 Å². The van der Waals surface area contributed by atoms with Gasteiger partial charge < -0.3 is 4.57 Å². The van der Waals surface area contributed by atoms with Crippen molar-refractivity contribution < 1.29 is 0 Å². The van der Waals surface area contributed by atoms with Crippen LogP contribution in [0.4, 0.5) is 0 Å². The van der Waals surface area contributed by atoms with Crippen LogP contribution in [0.5, 0.6) is 0 Å². The van der Waals surface area contributed by atoms with E-state index < -0.39 is 0 Å². The number of hydrogen-bond donors (Lipinski definition) is 0. The van der Waals surface area contributed by atoms with Crippen molar-refractivity contribution >= 4 is 53.3 Å². The van der Waals surface area contributed by atoms with Gasteiger partial charge in [-0.1, -0.05) is 135 Å². The molecular weight excluding hydrogens is 653 g/mol. The van der Waals surface area contributed by atoms with Gasteiger partial charge in [-0.3, -0.25) is 0 Å². The second-order valence-corrected chi connectivity index (χ2v) is 13.5. The Morgan fingerprint density at radius 3 is 1.63 bits per heavy atom. The van der Waals surface area contributed by atoms with Gasteiger partial charge in [-0.05, 0) is 59.7 Å². The minimum atomic E-state index is 0.666. The lowest BCUT2D eigenvalue weighted by atomic mass is 10.00. The summed E-state index contributed by atoms with van der Waals surface area (Å²) in [4.78, 5) is 15.0. The number of rotatable bonds is 5. The third-order valence-corrected chi connectivity index (χ3v) is 10.7. The van der Waals surface area contributed by atoms with Crippen molar-refractivity contribution in [2.45, 2.75) is 13.8 Å². The second kappa shape index (κ2) is 13.4. The van der Waals surface area contributed by atoms with Crippen LogP contribution in [0.15, 0.2) is 170 Å². The monoisotopic (exact) mass is 686 g/mol. The van der Waals surface area contributed by atoms with Gasteiger partial charge in [-0.25, -0.2) is 15.0 Å². The van der Waals surface area contributed by atoms with Crippen LogP contribution >= 0.6 is 11.3 Å². The van der Waals surface area contributed by atoms with Crippen LogP contribution in [-0.2, 0) is 0 Å². The molecule has 0 aliphatic heterocycles. The van der Waals surface area contributed by atoms with Crippen molar-refractivity contribution in [3.63, 3.8) is 0 Å². The van der Waals surface area contributed by atoms with Gasteiger partial charge in [0.2, 0.25) is 0 Å². The summed E-state index contributed by atoms with van der Waals surface area (Å²) in [7, 11) is 0. The Bertz CT molecular complexity index is 2800. The van der Waals surface area contributed by atoms with E-state index in [1.807, 2.05) is 74.5 Å². The van der Waals surface area contributed by atoms with Crippen molar-refractivity contribution in [2.24, 2.45) is 0 Å². The van der Waals surface area contributed by atoms with E-state index in [2.05, 4.69) is 114 Å². The molecule has 4 nitrogen and oxygen atoms in total. The molecule has 7 aromatic carbocycles. The summed E-state index contributed by atoms with van der Waals surface area (Å²) >= 11 is 1.79. The Labute approximate surface area is 306 Å². The Kier molecular flexibility index (Phi) is 8.11. The van der Waals surface area contributed by atoms with Crippen LogP contribution in [-0.4, -0.2) is 19.5 Å². The topological polar surface area (TPSA) is 43.6 Å². The average Bonchev–Trinajstić information content (AvgIpc) is 3.77. The number of fused-ring (bicyclic) bond motifs is 6. The van der Waals surface area contributed by atoms with E-state index in [4.69, 9.17) is 15.0 Å². The molecule has 0 bridgehead atoms. The number of nitrogens with zero attached hydrogens (tertiary/aromatic N) is 4. The molecule has 0 atom stereocenters. The van der Waals surface area contributed by atoms with Gasteiger partial charge >= 0.3 is 0 Å². The lowest BCUT2D eigenvalue weighted by molar-refractivity contribution is 1.08. The van der Waals surface area contributed by atoms with E-state index in [0.717, 1.165) is 16.7 Å². The van der Waals surface area contributed by atoms with E-state index in [1.165, 1.54) is 58.8 Å². The van der Waals surface area contributed by atoms with Gasteiger partial charge in [0.1, 0.15) is 0 Å². The maximum Gasteiger partial charge on any atom is 0.165 e. The average molecular weight is 687 g/mol. The van der Waals surface area contributed by atoms with E-state index >= 15 is 0 Å². The molecule has 248 valence electrons. The first kappa shape index (κ1) is 31.5. The lowest BCUT2D eigenvalue weighted by Gasteiger charge is -2.09. The molecule has 0 unspecified atom stereocenters. The number of para-hydroxylation sites is 2. The van der Waals surface area contributed by atoms with E-state index in [0.29, 0.717) is 17.5 Å². The molecule has 10 aromatic rings. The van der Waals surface area contributed by atoms with Crippen molar-refractivity contribution in [2.75, 3.05) is 0 Å². The zero-order valence-electron chi connectivity index (χ0n) is 28.9. The molecule has 0 aliphatic carbocycles. The number of thiophene rings is 1. The molecule has 0 saturated heterocycles. The molecule has 0 saturated carbocycles. The minimum Gasteiger partial charge on any atom is -0.309 e. The fourth-order valence-electron chi connectivity index (χ4n) is 7.09. The second-order valence-electron chi connectivity index (χ2n) is 12.5. The largest absolute Gasteiger partial charge is 0.309 e. The quantitative estimate of drug-likeness (QED) is 0.181. The first-order chi connectivity index (χ1) is 25.8. The summed E-state index contributed by atoms with van der Waals surface area (Å²) in [6, 6.07) is 59.8. The smallest absolute Gasteiger partial charge is 0.165 e. The van der Waals surface area contributed by atoms with Crippen LogP contribution in [0.3, 0.4) is 0 Å². The Balaban J connectivity index is 0.00000177. The summed E-state index contributed by atoms with van der Waals surface area (Å²) in [6.07, 6.45) is 0. The molecule has 3 aromatic heterocycles. The van der Waals surface area contributed by atoms with Gasteiger partial charge in [0.25, 0.3) is 0 Å². The molecule has 52 heavy (non-hydrogen) atoms. The van der Waals surface area contributed by atoms with Crippen LogP contribution in [0, 0.1) is 0 Å².